The largest absolute Gasteiger partial charge is 0.423 e. The van der Waals surface area contributed by atoms with Crippen molar-refractivity contribution >= 4 is 5.97 Å². The second-order valence-electron chi connectivity index (χ2n) is 3.54. The third-order valence-electron chi connectivity index (χ3n) is 2.54. The first-order valence-electron chi connectivity index (χ1n) is 4.32. The molecule has 64 valence electrons. The third kappa shape index (κ3) is 0.986. The van der Waals surface area contributed by atoms with Gasteiger partial charge in [-0.2, -0.15) is 0 Å². The van der Waals surface area contributed by atoms with Crippen LogP contribution in [0.3, 0.4) is 0 Å². The molecule has 2 rings (SSSR count). The molecule has 0 bridgehead atoms. The van der Waals surface area contributed by atoms with Crippen LogP contribution >= 0.6 is 0 Å². The van der Waals surface area contributed by atoms with E-state index >= 15 is 0 Å². The van der Waals surface area contributed by atoms with E-state index in [9.17, 15) is 4.79 Å². The Morgan fingerprint density at radius 3 is 3.08 bits per heavy atom. The lowest BCUT2D eigenvalue weighted by Gasteiger charge is -2.15. The Labute approximate surface area is 71.9 Å². The number of allylic oxidation sites excluding steroid dienone is 2. The molecule has 2 nitrogen and oxygen atoms in total. The van der Waals surface area contributed by atoms with Gasteiger partial charge in [0.2, 0.25) is 0 Å². The molecule has 0 radical (unpaired) electrons. The van der Waals surface area contributed by atoms with Gasteiger partial charge < -0.3 is 4.74 Å². The molecule has 0 aromatic rings. The summed E-state index contributed by atoms with van der Waals surface area (Å²) in [6.07, 6.45) is 4.17. The van der Waals surface area contributed by atoms with Crippen molar-refractivity contribution in [1.82, 2.24) is 0 Å². The highest BCUT2D eigenvalue weighted by Crippen LogP contribution is 2.35. The van der Waals surface area contributed by atoms with Crippen molar-refractivity contribution in [2.45, 2.75) is 26.7 Å². The molecule has 0 saturated carbocycles. The van der Waals surface area contributed by atoms with Crippen molar-refractivity contribution in [3.05, 3.63) is 23.0 Å². The van der Waals surface area contributed by atoms with E-state index < -0.39 is 0 Å². The van der Waals surface area contributed by atoms with Crippen LogP contribution in [0.25, 0.3) is 0 Å². The summed E-state index contributed by atoms with van der Waals surface area (Å²) in [4.78, 5) is 11.1. The van der Waals surface area contributed by atoms with Crippen LogP contribution in [-0.2, 0) is 9.53 Å². The molecule has 0 aromatic carbocycles. The number of hydrogen-bond acceptors (Lipinski definition) is 2. The second-order valence-corrected chi connectivity index (χ2v) is 3.54. The summed E-state index contributed by atoms with van der Waals surface area (Å²) in [7, 11) is 0. The zero-order valence-corrected chi connectivity index (χ0v) is 7.39. The predicted molar refractivity (Wildman–Crippen MR) is 45.3 cm³/mol. The fourth-order valence-electron chi connectivity index (χ4n) is 1.71. The molecule has 1 atom stereocenters. The number of carbonyl (C=O) groups excluding carboxylic acids is 1. The van der Waals surface area contributed by atoms with Crippen molar-refractivity contribution in [3.63, 3.8) is 0 Å². The highest BCUT2D eigenvalue weighted by atomic mass is 16.5. The van der Waals surface area contributed by atoms with Gasteiger partial charge in [-0.15, -0.1) is 0 Å². The standard InChI is InChI=1S/C10H12O2/c1-6-3-4-8-7(2)10(11)12-9(8)5-6/h5-6H,3-4H2,1-2H3. The molecule has 0 amide bonds. The summed E-state index contributed by atoms with van der Waals surface area (Å²) in [6, 6.07) is 0. The SMILES string of the molecule is CC1=C2CCC(C)C=C2OC1=O. The van der Waals surface area contributed by atoms with E-state index in [4.69, 9.17) is 4.74 Å². The number of hydrogen-bond donors (Lipinski definition) is 0. The van der Waals surface area contributed by atoms with Crippen LogP contribution < -0.4 is 0 Å². The minimum Gasteiger partial charge on any atom is -0.423 e. The number of carbonyl (C=O) groups is 1. The van der Waals surface area contributed by atoms with Gasteiger partial charge in [0, 0.05) is 11.1 Å². The molecule has 12 heavy (non-hydrogen) atoms. The Kier molecular flexibility index (Phi) is 1.56. The monoisotopic (exact) mass is 164 g/mol. The van der Waals surface area contributed by atoms with Crippen LogP contribution in [-0.4, -0.2) is 5.97 Å². The van der Waals surface area contributed by atoms with Gasteiger partial charge in [-0.05, 0) is 31.8 Å². The van der Waals surface area contributed by atoms with E-state index in [2.05, 4.69) is 6.92 Å². The Bertz CT molecular complexity index is 297. The molecule has 2 aliphatic rings. The molecule has 0 fully saturated rings. The molecule has 0 spiro atoms. The minimum atomic E-state index is -0.162. The number of fused-ring (bicyclic) bond motifs is 1. The van der Waals surface area contributed by atoms with E-state index in [0.717, 1.165) is 29.7 Å². The average molecular weight is 164 g/mol. The van der Waals surface area contributed by atoms with E-state index in [1.807, 2.05) is 13.0 Å². The Morgan fingerprint density at radius 1 is 1.58 bits per heavy atom. The molecule has 0 N–H and O–H groups in total. The van der Waals surface area contributed by atoms with E-state index in [1.54, 1.807) is 0 Å². The lowest BCUT2D eigenvalue weighted by Crippen LogP contribution is -2.02. The maximum Gasteiger partial charge on any atom is 0.339 e. The first-order valence-corrected chi connectivity index (χ1v) is 4.32. The van der Waals surface area contributed by atoms with Crippen LogP contribution in [0.1, 0.15) is 26.7 Å². The summed E-state index contributed by atoms with van der Waals surface area (Å²) >= 11 is 0. The van der Waals surface area contributed by atoms with Gasteiger partial charge in [-0.3, -0.25) is 0 Å². The van der Waals surface area contributed by atoms with Gasteiger partial charge in [0.05, 0.1) is 0 Å². The smallest absolute Gasteiger partial charge is 0.339 e. The van der Waals surface area contributed by atoms with Crippen LogP contribution in [0, 0.1) is 5.92 Å². The minimum absolute atomic E-state index is 0.162. The molecule has 1 aliphatic carbocycles. The summed E-state index contributed by atoms with van der Waals surface area (Å²) in [5, 5.41) is 0. The normalized spacial score (nSPS) is 28.3. The Balaban J connectivity index is 2.42. The zero-order chi connectivity index (χ0) is 8.72. The summed E-state index contributed by atoms with van der Waals surface area (Å²) in [5.41, 5.74) is 1.92. The maximum atomic E-state index is 11.1. The van der Waals surface area contributed by atoms with Crippen LogP contribution in [0.15, 0.2) is 23.0 Å². The van der Waals surface area contributed by atoms with Gasteiger partial charge in [0.25, 0.3) is 0 Å². The predicted octanol–water partition coefficient (Wildman–Crippen LogP) is 2.17. The fourth-order valence-corrected chi connectivity index (χ4v) is 1.71. The summed E-state index contributed by atoms with van der Waals surface area (Å²) in [6.45, 7) is 3.99. The molecule has 0 aromatic heterocycles. The highest BCUT2D eigenvalue weighted by Gasteiger charge is 2.29. The van der Waals surface area contributed by atoms with E-state index in [1.165, 1.54) is 0 Å². The topological polar surface area (TPSA) is 26.3 Å². The number of esters is 1. The van der Waals surface area contributed by atoms with Crippen molar-refractivity contribution in [2.24, 2.45) is 5.92 Å². The maximum absolute atomic E-state index is 11.1. The molecule has 1 unspecified atom stereocenters. The number of ether oxygens (including phenoxy) is 1. The van der Waals surface area contributed by atoms with Crippen LogP contribution in [0.5, 0.6) is 0 Å². The van der Waals surface area contributed by atoms with Crippen molar-refractivity contribution in [2.75, 3.05) is 0 Å². The van der Waals surface area contributed by atoms with Gasteiger partial charge in [-0.1, -0.05) is 6.92 Å². The second kappa shape index (κ2) is 2.47. The molecule has 1 aliphatic heterocycles. The van der Waals surface area contributed by atoms with Gasteiger partial charge in [-0.25, -0.2) is 4.79 Å². The lowest BCUT2D eigenvalue weighted by atomic mass is 9.91. The van der Waals surface area contributed by atoms with Crippen molar-refractivity contribution in [3.8, 4) is 0 Å². The first kappa shape index (κ1) is 7.59. The highest BCUT2D eigenvalue weighted by molar-refractivity contribution is 5.93. The average Bonchev–Trinajstić information content (AvgIpc) is 2.28. The summed E-state index contributed by atoms with van der Waals surface area (Å²) in [5.74, 6) is 1.20. The third-order valence-corrected chi connectivity index (χ3v) is 2.54. The van der Waals surface area contributed by atoms with Gasteiger partial charge >= 0.3 is 5.97 Å². The fraction of sp³-hybridized carbons (Fsp3) is 0.500. The van der Waals surface area contributed by atoms with Crippen LogP contribution in [0.2, 0.25) is 0 Å². The molecule has 1 heterocycles. The quantitative estimate of drug-likeness (QED) is 0.513. The zero-order valence-electron chi connectivity index (χ0n) is 7.39. The van der Waals surface area contributed by atoms with E-state index in [-0.39, 0.29) is 5.97 Å². The molecular formula is C10H12O2. The van der Waals surface area contributed by atoms with Crippen molar-refractivity contribution in [1.29, 1.82) is 0 Å². The lowest BCUT2D eigenvalue weighted by molar-refractivity contribution is -0.133. The van der Waals surface area contributed by atoms with Crippen LogP contribution in [0.4, 0.5) is 0 Å². The van der Waals surface area contributed by atoms with E-state index in [0.29, 0.717) is 5.92 Å². The van der Waals surface area contributed by atoms with Crippen molar-refractivity contribution < 1.29 is 9.53 Å². The molecule has 0 saturated heterocycles. The Morgan fingerprint density at radius 2 is 2.33 bits per heavy atom. The first-order chi connectivity index (χ1) is 5.68. The molecular weight excluding hydrogens is 152 g/mol. The molecule has 2 heteroatoms. The van der Waals surface area contributed by atoms with Gasteiger partial charge in [0.1, 0.15) is 5.76 Å². The number of rotatable bonds is 0. The van der Waals surface area contributed by atoms with Gasteiger partial charge in [0.15, 0.2) is 0 Å². The Hall–Kier alpha value is -1.05. The summed E-state index contributed by atoms with van der Waals surface area (Å²) < 4.78 is 5.10.